The molecule has 24 heavy (non-hydrogen) atoms. The molecule has 8 heteroatoms. The van der Waals surface area contributed by atoms with Crippen molar-refractivity contribution in [1.29, 1.82) is 5.26 Å². The summed E-state index contributed by atoms with van der Waals surface area (Å²) in [6.07, 6.45) is 4.57. The van der Waals surface area contributed by atoms with Crippen LogP contribution in [-0.4, -0.2) is 26.7 Å². The Labute approximate surface area is 140 Å². The summed E-state index contributed by atoms with van der Waals surface area (Å²) in [5.74, 6) is 0. The quantitative estimate of drug-likeness (QED) is 0.889. The maximum absolute atomic E-state index is 12.7. The Balaban J connectivity index is 1.91. The molecule has 7 nitrogen and oxygen atoms in total. The highest BCUT2D eigenvalue weighted by Gasteiger charge is 2.23. The molecular formula is C16H18N4O3S. The van der Waals surface area contributed by atoms with Crippen molar-refractivity contribution in [1.82, 2.24) is 9.88 Å². The number of rotatable bonds is 5. The average molecular weight is 346 g/mol. The first kappa shape index (κ1) is 16.5. The molecule has 0 bridgehead atoms. The van der Waals surface area contributed by atoms with Gasteiger partial charge in [-0.15, -0.1) is 0 Å². The number of hydrogen-bond donors (Lipinski definition) is 1. The second-order valence-corrected chi connectivity index (χ2v) is 7.39. The summed E-state index contributed by atoms with van der Waals surface area (Å²) in [5, 5.41) is 12.8. The summed E-state index contributed by atoms with van der Waals surface area (Å²) in [6, 6.07) is 8.35. The zero-order valence-electron chi connectivity index (χ0n) is 13.1. The van der Waals surface area contributed by atoms with Gasteiger partial charge in [-0.05, 0) is 37.5 Å². The van der Waals surface area contributed by atoms with Gasteiger partial charge in [0.1, 0.15) is 11.2 Å². The van der Waals surface area contributed by atoms with Gasteiger partial charge in [-0.25, -0.2) is 13.1 Å². The van der Waals surface area contributed by atoms with Gasteiger partial charge in [-0.3, -0.25) is 0 Å². The monoisotopic (exact) mass is 346 g/mol. The number of nitriles is 1. The van der Waals surface area contributed by atoms with Crippen LogP contribution in [0.1, 0.15) is 30.5 Å². The Bertz CT molecular complexity index is 835. The number of aromatic nitrogens is 1. The van der Waals surface area contributed by atoms with Crippen LogP contribution in [0.25, 0.3) is 0 Å². The zero-order chi connectivity index (χ0) is 17.0. The van der Waals surface area contributed by atoms with Gasteiger partial charge in [0.05, 0.1) is 29.6 Å². The summed E-state index contributed by atoms with van der Waals surface area (Å²) < 4.78 is 32.7. The molecule has 1 fully saturated rings. The number of sulfonamides is 1. The van der Waals surface area contributed by atoms with Gasteiger partial charge >= 0.3 is 0 Å². The van der Waals surface area contributed by atoms with E-state index in [4.69, 9.17) is 9.78 Å². The lowest BCUT2D eigenvalue weighted by molar-refractivity contribution is 0.411. The van der Waals surface area contributed by atoms with Crippen LogP contribution in [0.2, 0.25) is 0 Å². The molecule has 2 aromatic rings. The Morgan fingerprint density at radius 3 is 2.71 bits per heavy atom. The summed E-state index contributed by atoms with van der Waals surface area (Å²) in [5.41, 5.74) is 1.54. The first-order valence-electron chi connectivity index (χ1n) is 7.78. The molecule has 0 aliphatic carbocycles. The summed E-state index contributed by atoms with van der Waals surface area (Å²) in [4.78, 5) is 2.22. The number of nitrogens with one attached hydrogen (secondary N) is 1. The van der Waals surface area contributed by atoms with Crippen LogP contribution in [0.15, 0.2) is 39.9 Å². The molecule has 0 radical (unpaired) electrons. The molecule has 1 aliphatic heterocycles. The summed E-state index contributed by atoms with van der Waals surface area (Å²) in [7, 11) is -3.72. The third kappa shape index (κ3) is 3.58. The molecule has 1 aromatic heterocycles. The first-order chi connectivity index (χ1) is 11.6. The molecule has 0 saturated carbocycles. The molecule has 0 atom stereocenters. The van der Waals surface area contributed by atoms with Crippen LogP contribution >= 0.6 is 0 Å². The minimum Gasteiger partial charge on any atom is -0.370 e. The highest BCUT2D eigenvalue weighted by Crippen LogP contribution is 2.29. The van der Waals surface area contributed by atoms with E-state index in [1.54, 1.807) is 12.1 Å². The fourth-order valence-corrected chi connectivity index (χ4v) is 3.98. The predicted octanol–water partition coefficient (Wildman–Crippen LogP) is 2.02. The van der Waals surface area contributed by atoms with E-state index in [1.807, 2.05) is 4.90 Å². The summed E-state index contributed by atoms with van der Waals surface area (Å²) in [6.45, 7) is 1.64. The molecular weight excluding hydrogens is 328 g/mol. The third-order valence-electron chi connectivity index (χ3n) is 4.01. The highest BCUT2D eigenvalue weighted by molar-refractivity contribution is 7.89. The predicted molar refractivity (Wildman–Crippen MR) is 87.7 cm³/mol. The van der Waals surface area contributed by atoms with E-state index in [9.17, 15) is 8.42 Å². The van der Waals surface area contributed by atoms with E-state index < -0.39 is 10.0 Å². The van der Waals surface area contributed by atoms with Crippen LogP contribution < -0.4 is 9.62 Å². The van der Waals surface area contributed by atoms with Gasteiger partial charge in [-0.2, -0.15) is 5.26 Å². The Kier molecular flexibility index (Phi) is 4.83. The van der Waals surface area contributed by atoms with Crippen molar-refractivity contribution < 1.29 is 12.9 Å². The SMILES string of the molecule is N#Cc1ccc(S(=O)(=O)NCc2ccon2)c(N2CCCCC2)c1. The Hall–Kier alpha value is -2.37. The van der Waals surface area contributed by atoms with Crippen LogP contribution in [0.3, 0.4) is 0 Å². The largest absolute Gasteiger partial charge is 0.370 e. The third-order valence-corrected chi connectivity index (χ3v) is 5.46. The van der Waals surface area contributed by atoms with Crippen LogP contribution in [0.4, 0.5) is 5.69 Å². The van der Waals surface area contributed by atoms with Gasteiger partial charge in [0, 0.05) is 19.2 Å². The maximum atomic E-state index is 12.7. The minimum atomic E-state index is -3.72. The topological polar surface area (TPSA) is 99.2 Å². The van der Waals surface area contributed by atoms with E-state index in [2.05, 4.69) is 15.9 Å². The standard InChI is InChI=1S/C16H18N4O3S/c17-11-13-4-5-16(15(10-13)20-7-2-1-3-8-20)24(21,22)18-12-14-6-9-23-19-14/h4-6,9-10,18H,1-3,7-8,12H2. The molecule has 1 aliphatic rings. The molecule has 0 spiro atoms. The van der Waals surface area contributed by atoms with Crippen molar-refractivity contribution >= 4 is 15.7 Å². The lowest BCUT2D eigenvalue weighted by Crippen LogP contribution is -2.32. The fraction of sp³-hybridized carbons (Fsp3) is 0.375. The fourth-order valence-electron chi connectivity index (χ4n) is 2.77. The van der Waals surface area contributed by atoms with Crippen LogP contribution in [0.5, 0.6) is 0 Å². The van der Waals surface area contributed by atoms with Gasteiger partial charge in [-0.1, -0.05) is 5.16 Å². The molecule has 2 heterocycles. The molecule has 3 rings (SSSR count). The van der Waals surface area contributed by atoms with E-state index in [-0.39, 0.29) is 11.4 Å². The Morgan fingerprint density at radius 2 is 2.04 bits per heavy atom. The van der Waals surface area contributed by atoms with E-state index in [0.717, 1.165) is 32.4 Å². The first-order valence-corrected chi connectivity index (χ1v) is 9.26. The number of benzene rings is 1. The Morgan fingerprint density at radius 1 is 1.25 bits per heavy atom. The second-order valence-electron chi connectivity index (χ2n) is 5.66. The average Bonchev–Trinajstić information content (AvgIpc) is 3.14. The second kappa shape index (κ2) is 7.03. The number of nitrogens with zero attached hydrogens (tertiary/aromatic N) is 3. The van der Waals surface area contributed by atoms with E-state index >= 15 is 0 Å². The van der Waals surface area contributed by atoms with Gasteiger partial charge in [0.25, 0.3) is 0 Å². The van der Waals surface area contributed by atoms with Crippen molar-refractivity contribution in [2.45, 2.75) is 30.7 Å². The van der Waals surface area contributed by atoms with Crippen molar-refractivity contribution in [2.24, 2.45) is 0 Å². The van der Waals surface area contributed by atoms with Crippen molar-refractivity contribution in [3.8, 4) is 6.07 Å². The van der Waals surface area contributed by atoms with E-state index in [0.29, 0.717) is 16.9 Å². The molecule has 126 valence electrons. The van der Waals surface area contributed by atoms with Crippen molar-refractivity contribution in [3.63, 3.8) is 0 Å². The van der Waals surface area contributed by atoms with Crippen molar-refractivity contribution in [2.75, 3.05) is 18.0 Å². The lowest BCUT2D eigenvalue weighted by Gasteiger charge is -2.30. The minimum absolute atomic E-state index is 0.0538. The van der Waals surface area contributed by atoms with Gasteiger partial charge in [0.15, 0.2) is 0 Å². The molecule has 0 amide bonds. The molecule has 1 saturated heterocycles. The number of piperidine rings is 1. The summed E-state index contributed by atoms with van der Waals surface area (Å²) >= 11 is 0. The number of anilines is 1. The normalized spacial score (nSPS) is 15.2. The van der Waals surface area contributed by atoms with E-state index in [1.165, 1.54) is 18.4 Å². The molecule has 1 aromatic carbocycles. The van der Waals surface area contributed by atoms with Gasteiger partial charge < -0.3 is 9.42 Å². The van der Waals surface area contributed by atoms with Gasteiger partial charge in [0.2, 0.25) is 10.0 Å². The number of hydrogen-bond acceptors (Lipinski definition) is 6. The smallest absolute Gasteiger partial charge is 0.242 e. The van der Waals surface area contributed by atoms with Crippen LogP contribution in [0, 0.1) is 11.3 Å². The maximum Gasteiger partial charge on any atom is 0.242 e. The highest BCUT2D eigenvalue weighted by atomic mass is 32.2. The van der Waals surface area contributed by atoms with Crippen molar-refractivity contribution in [3.05, 3.63) is 41.8 Å². The molecule has 1 N–H and O–H groups in total. The zero-order valence-corrected chi connectivity index (χ0v) is 13.9. The van der Waals surface area contributed by atoms with Crippen LogP contribution in [-0.2, 0) is 16.6 Å². The molecule has 0 unspecified atom stereocenters. The lowest BCUT2D eigenvalue weighted by atomic mass is 10.1.